The smallest absolute Gasteiger partial charge is 0.338 e. The monoisotopic (exact) mass is 255 g/mol. The van der Waals surface area contributed by atoms with Gasteiger partial charge in [0.2, 0.25) is 0 Å². The Morgan fingerprint density at radius 3 is 2.71 bits per heavy atom. The highest BCUT2D eigenvalue weighted by Gasteiger charge is 2.34. The Balaban J connectivity index is 2.69. The van der Waals surface area contributed by atoms with E-state index in [9.17, 15) is 13.2 Å². The molecule has 1 atom stereocenters. The summed E-state index contributed by atoms with van der Waals surface area (Å²) in [6.07, 6.45) is 0. The van der Waals surface area contributed by atoms with Crippen LogP contribution in [0.15, 0.2) is 17.0 Å². The van der Waals surface area contributed by atoms with Crippen LogP contribution in [-0.2, 0) is 14.6 Å². The number of carbonyl (C=O) groups excluding carboxylic acids is 1. The molecule has 1 aliphatic rings. The summed E-state index contributed by atoms with van der Waals surface area (Å²) in [5.41, 5.74) is 7.27. The molecule has 0 fully saturated rings. The first-order valence-electron chi connectivity index (χ1n) is 5.08. The van der Waals surface area contributed by atoms with E-state index in [1.165, 1.54) is 13.2 Å². The van der Waals surface area contributed by atoms with Crippen LogP contribution in [0, 0.1) is 6.92 Å². The Bertz CT molecular complexity index is 592. The molecule has 0 radical (unpaired) electrons. The van der Waals surface area contributed by atoms with Crippen LogP contribution in [0.3, 0.4) is 0 Å². The number of sulfone groups is 1. The second-order valence-electron chi connectivity index (χ2n) is 4.08. The Morgan fingerprint density at radius 2 is 2.12 bits per heavy atom. The van der Waals surface area contributed by atoms with Crippen molar-refractivity contribution >= 4 is 15.8 Å². The molecule has 0 spiro atoms. The van der Waals surface area contributed by atoms with Gasteiger partial charge < -0.3 is 10.5 Å². The molecule has 1 aromatic carbocycles. The molecular formula is C11H13NO4S. The number of ether oxygens (including phenoxy) is 1. The van der Waals surface area contributed by atoms with Gasteiger partial charge in [0.1, 0.15) is 0 Å². The van der Waals surface area contributed by atoms with Crippen molar-refractivity contribution in [1.29, 1.82) is 0 Å². The summed E-state index contributed by atoms with van der Waals surface area (Å²) in [4.78, 5) is 11.6. The Morgan fingerprint density at radius 1 is 1.47 bits per heavy atom. The van der Waals surface area contributed by atoms with E-state index in [2.05, 4.69) is 4.74 Å². The van der Waals surface area contributed by atoms with Crippen LogP contribution in [0.1, 0.15) is 27.5 Å². The van der Waals surface area contributed by atoms with E-state index < -0.39 is 21.8 Å². The van der Waals surface area contributed by atoms with Crippen molar-refractivity contribution in [2.24, 2.45) is 5.73 Å². The summed E-state index contributed by atoms with van der Waals surface area (Å²) >= 11 is 0. The van der Waals surface area contributed by atoms with Crippen molar-refractivity contribution < 1.29 is 17.9 Å². The number of hydrogen-bond acceptors (Lipinski definition) is 5. The lowest BCUT2D eigenvalue weighted by Crippen LogP contribution is -2.12. The minimum atomic E-state index is -3.37. The van der Waals surface area contributed by atoms with Gasteiger partial charge in [-0.1, -0.05) is 6.07 Å². The summed E-state index contributed by atoms with van der Waals surface area (Å²) < 4.78 is 28.2. The first-order valence-corrected chi connectivity index (χ1v) is 6.73. The fourth-order valence-corrected chi connectivity index (χ4v) is 3.71. The Labute approximate surface area is 99.5 Å². The van der Waals surface area contributed by atoms with Crippen molar-refractivity contribution in [3.63, 3.8) is 0 Å². The van der Waals surface area contributed by atoms with Gasteiger partial charge in [0.15, 0.2) is 9.84 Å². The second kappa shape index (κ2) is 3.82. The molecular weight excluding hydrogens is 242 g/mol. The summed E-state index contributed by atoms with van der Waals surface area (Å²) in [5.74, 6) is -0.646. The van der Waals surface area contributed by atoms with Gasteiger partial charge in [0, 0.05) is 6.04 Å². The molecule has 0 amide bonds. The predicted octanol–water partition coefficient (Wildman–Crippen LogP) is 0.569. The number of benzene rings is 1. The molecule has 1 heterocycles. The number of hydrogen-bond donors (Lipinski definition) is 1. The predicted molar refractivity (Wildman–Crippen MR) is 61.5 cm³/mol. The number of aryl methyl sites for hydroxylation is 1. The van der Waals surface area contributed by atoms with Crippen molar-refractivity contribution in [3.8, 4) is 0 Å². The maximum atomic E-state index is 11.8. The zero-order valence-corrected chi connectivity index (χ0v) is 10.4. The number of carbonyl (C=O) groups is 1. The fraction of sp³-hybridized carbons (Fsp3) is 0.364. The van der Waals surface area contributed by atoms with Crippen LogP contribution >= 0.6 is 0 Å². The van der Waals surface area contributed by atoms with Gasteiger partial charge in [0.25, 0.3) is 0 Å². The largest absolute Gasteiger partial charge is 0.465 e. The molecule has 17 heavy (non-hydrogen) atoms. The van der Waals surface area contributed by atoms with Gasteiger partial charge in [-0.25, -0.2) is 13.2 Å². The molecule has 1 aliphatic heterocycles. The van der Waals surface area contributed by atoms with Gasteiger partial charge in [-0.05, 0) is 24.1 Å². The lowest BCUT2D eigenvalue weighted by molar-refractivity contribution is 0.0599. The molecule has 5 nitrogen and oxygen atoms in total. The van der Waals surface area contributed by atoms with E-state index in [1.54, 1.807) is 13.0 Å². The van der Waals surface area contributed by atoms with Crippen LogP contribution in [0.2, 0.25) is 0 Å². The van der Waals surface area contributed by atoms with Gasteiger partial charge in [-0.3, -0.25) is 0 Å². The summed E-state index contributed by atoms with van der Waals surface area (Å²) in [6.45, 7) is 1.73. The van der Waals surface area contributed by atoms with Crippen molar-refractivity contribution in [3.05, 3.63) is 28.8 Å². The zero-order valence-electron chi connectivity index (χ0n) is 9.56. The maximum Gasteiger partial charge on any atom is 0.338 e. The maximum absolute atomic E-state index is 11.8. The van der Waals surface area contributed by atoms with Crippen molar-refractivity contribution in [1.82, 2.24) is 0 Å². The molecule has 0 bridgehead atoms. The standard InChI is InChI=1S/C11H13NO4S/c1-6-3-8-9(12)5-17(14,15)10(8)4-7(6)11(13)16-2/h3-4,9H,5,12H2,1-2H3. The summed E-state index contributed by atoms with van der Waals surface area (Å²) in [5, 5.41) is 0. The molecule has 0 aliphatic carbocycles. The van der Waals surface area contributed by atoms with Crippen molar-refractivity contribution in [2.75, 3.05) is 12.9 Å². The first-order chi connectivity index (χ1) is 7.86. The van der Waals surface area contributed by atoms with Crippen LogP contribution < -0.4 is 5.73 Å². The van der Waals surface area contributed by atoms with E-state index in [0.717, 1.165) is 0 Å². The number of fused-ring (bicyclic) bond motifs is 1. The van der Waals surface area contributed by atoms with E-state index in [4.69, 9.17) is 5.73 Å². The van der Waals surface area contributed by atoms with Crippen LogP contribution in [0.4, 0.5) is 0 Å². The van der Waals surface area contributed by atoms with E-state index in [-0.39, 0.29) is 16.2 Å². The summed E-state index contributed by atoms with van der Waals surface area (Å²) in [6, 6.07) is 2.50. The number of nitrogens with two attached hydrogens (primary N) is 1. The highest BCUT2D eigenvalue weighted by Crippen LogP contribution is 2.34. The molecule has 6 heteroatoms. The van der Waals surface area contributed by atoms with E-state index in [1.807, 2.05) is 0 Å². The molecule has 2 N–H and O–H groups in total. The second-order valence-corrected chi connectivity index (χ2v) is 6.09. The first kappa shape index (κ1) is 12.1. The van der Waals surface area contributed by atoms with Gasteiger partial charge in [-0.15, -0.1) is 0 Å². The molecule has 0 saturated carbocycles. The molecule has 0 aromatic heterocycles. The molecule has 1 aromatic rings. The SMILES string of the molecule is COC(=O)c1cc2c(cc1C)C(N)CS2(=O)=O. The lowest BCUT2D eigenvalue weighted by Gasteiger charge is -2.08. The van der Waals surface area contributed by atoms with Gasteiger partial charge in [0.05, 0.1) is 23.3 Å². The van der Waals surface area contributed by atoms with Gasteiger partial charge >= 0.3 is 5.97 Å². The third kappa shape index (κ3) is 1.83. The summed E-state index contributed by atoms with van der Waals surface area (Å²) in [7, 11) is -2.11. The molecule has 2 rings (SSSR count). The topological polar surface area (TPSA) is 86.5 Å². The number of esters is 1. The van der Waals surface area contributed by atoms with Gasteiger partial charge in [-0.2, -0.15) is 0 Å². The fourth-order valence-electron chi connectivity index (χ4n) is 2.02. The van der Waals surface area contributed by atoms with E-state index in [0.29, 0.717) is 11.1 Å². The average molecular weight is 255 g/mol. The highest BCUT2D eigenvalue weighted by molar-refractivity contribution is 7.91. The molecule has 0 saturated heterocycles. The third-order valence-electron chi connectivity index (χ3n) is 2.90. The minimum absolute atomic E-state index is 0.105. The molecule has 1 unspecified atom stereocenters. The molecule has 92 valence electrons. The lowest BCUT2D eigenvalue weighted by atomic mass is 10.0. The Hall–Kier alpha value is -1.40. The van der Waals surface area contributed by atoms with Crippen LogP contribution in [0.5, 0.6) is 0 Å². The van der Waals surface area contributed by atoms with Crippen LogP contribution in [-0.4, -0.2) is 27.2 Å². The van der Waals surface area contributed by atoms with Crippen LogP contribution in [0.25, 0.3) is 0 Å². The normalized spacial score (nSPS) is 21.0. The third-order valence-corrected chi connectivity index (χ3v) is 4.72. The van der Waals surface area contributed by atoms with Crippen molar-refractivity contribution in [2.45, 2.75) is 17.9 Å². The number of methoxy groups -OCH3 is 1. The quantitative estimate of drug-likeness (QED) is 0.741. The number of rotatable bonds is 1. The highest BCUT2D eigenvalue weighted by atomic mass is 32.2. The Kier molecular flexibility index (Phi) is 2.71. The van der Waals surface area contributed by atoms with E-state index >= 15 is 0 Å². The zero-order chi connectivity index (χ0) is 12.8. The average Bonchev–Trinajstić information content (AvgIpc) is 2.47. The minimum Gasteiger partial charge on any atom is -0.465 e.